The standard InChI is InChI=1S/C13H13N5O/c1-9(19-10-5-3-2-4-6-10)11-7-8-15-13-16-12(14)17-18(11)13/h2-9H,1H3,(H2,14,17)/t9-/m0/s1. The number of fused-ring (bicyclic) bond motifs is 1. The first-order valence-electron chi connectivity index (χ1n) is 5.93. The molecule has 2 aromatic heterocycles. The Bertz CT molecular complexity index is 695. The van der Waals surface area contributed by atoms with Gasteiger partial charge in [0.05, 0.1) is 5.69 Å². The lowest BCUT2D eigenvalue weighted by Crippen LogP contribution is -2.10. The summed E-state index contributed by atoms with van der Waals surface area (Å²) in [6.45, 7) is 1.94. The summed E-state index contributed by atoms with van der Waals surface area (Å²) in [5.41, 5.74) is 6.43. The van der Waals surface area contributed by atoms with Crippen molar-refractivity contribution in [3.8, 4) is 5.75 Å². The van der Waals surface area contributed by atoms with Crippen molar-refractivity contribution in [2.75, 3.05) is 5.73 Å². The van der Waals surface area contributed by atoms with E-state index in [-0.39, 0.29) is 12.1 Å². The van der Waals surface area contributed by atoms with Crippen LogP contribution < -0.4 is 10.5 Å². The minimum atomic E-state index is -0.186. The van der Waals surface area contributed by atoms with Crippen molar-refractivity contribution in [1.29, 1.82) is 0 Å². The Morgan fingerprint density at radius 2 is 2.00 bits per heavy atom. The van der Waals surface area contributed by atoms with Gasteiger partial charge in [-0.2, -0.15) is 9.50 Å². The van der Waals surface area contributed by atoms with Crippen molar-refractivity contribution in [1.82, 2.24) is 19.6 Å². The van der Waals surface area contributed by atoms with Crippen molar-refractivity contribution in [3.05, 3.63) is 48.3 Å². The molecule has 0 aliphatic rings. The molecule has 3 aromatic rings. The highest BCUT2D eigenvalue weighted by Crippen LogP contribution is 2.21. The van der Waals surface area contributed by atoms with Gasteiger partial charge in [-0.1, -0.05) is 18.2 Å². The third kappa shape index (κ3) is 2.20. The molecule has 2 N–H and O–H groups in total. The third-order valence-corrected chi connectivity index (χ3v) is 2.76. The zero-order chi connectivity index (χ0) is 13.2. The molecule has 0 radical (unpaired) electrons. The molecule has 0 unspecified atom stereocenters. The van der Waals surface area contributed by atoms with Gasteiger partial charge < -0.3 is 10.5 Å². The normalized spacial score (nSPS) is 12.5. The fourth-order valence-corrected chi connectivity index (χ4v) is 1.90. The summed E-state index contributed by atoms with van der Waals surface area (Å²) < 4.78 is 7.46. The lowest BCUT2D eigenvalue weighted by atomic mass is 10.2. The monoisotopic (exact) mass is 255 g/mol. The molecule has 1 atom stereocenters. The van der Waals surface area contributed by atoms with Crippen LogP contribution in [-0.4, -0.2) is 19.6 Å². The van der Waals surface area contributed by atoms with Gasteiger partial charge >= 0.3 is 0 Å². The van der Waals surface area contributed by atoms with Crippen LogP contribution in [0.3, 0.4) is 0 Å². The zero-order valence-electron chi connectivity index (χ0n) is 10.4. The Kier molecular flexibility index (Phi) is 2.75. The summed E-state index contributed by atoms with van der Waals surface area (Å²) in [6, 6.07) is 11.5. The molecule has 96 valence electrons. The van der Waals surface area contributed by atoms with Crippen molar-refractivity contribution < 1.29 is 4.74 Å². The molecule has 0 aliphatic carbocycles. The van der Waals surface area contributed by atoms with E-state index in [1.807, 2.05) is 43.3 Å². The van der Waals surface area contributed by atoms with Gasteiger partial charge in [0, 0.05) is 6.20 Å². The van der Waals surface area contributed by atoms with Gasteiger partial charge in [-0.05, 0) is 25.1 Å². The molecule has 6 heteroatoms. The topological polar surface area (TPSA) is 78.3 Å². The maximum absolute atomic E-state index is 5.86. The van der Waals surface area contributed by atoms with E-state index in [1.165, 1.54) is 0 Å². The summed E-state index contributed by atoms with van der Waals surface area (Å²) in [6.07, 6.45) is 1.48. The van der Waals surface area contributed by atoms with Crippen LogP contribution in [0.1, 0.15) is 18.7 Å². The highest BCUT2D eigenvalue weighted by molar-refractivity contribution is 5.35. The second-order valence-corrected chi connectivity index (χ2v) is 4.12. The number of rotatable bonds is 3. The average Bonchev–Trinajstić information content (AvgIpc) is 2.79. The third-order valence-electron chi connectivity index (χ3n) is 2.76. The maximum atomic E-state index is 5.86. The van der Waals surface area contributed by atoms with E-state index in [4.69, 9.17) is 10.5 Å². The van der Waals surface area contributed by atoms with E-state index < -0.39 is 0 Å². The number of aromatic nitrogens is 4. The van der Waals surface area contributed by atoms with E-state index in [0.717, 1.165) is 11.4 Å². The molecular formula is C13H13N5O. The Hall–Kier alpha value is -2.63. The predicted molar refractivity (Wildman–Crippen MR) is 70.7 cm³/mol. The largest absolute Gasteiger partial charge is 0.484 e. The quantitative estimate of drug-likeness (QED) is 0.772. The molecule has 0 saturated heterocycles. The van der Waals surface area contributed by atoms with Crippen LogP contribution in [0.5, 0.6) is 5.75 Å². The average molecular weight is 255 g/mol. The number of para-hydroxylation sites is 1. The Morgan fingerprint density at radius 1 is 1.21 bits per heavy atom. The number of hydrogen-bond donors (Lipinski definition) is 1. The van der Waals surface area contributed by atoms with Gasteiger partial charge in [-0.15, -0.1) is 5.10 Å². The van der Waals surface area contributed by atoms with E-state index >= 15 is 0 Å². The second-order valence-electron chi connectivity index (χ2n) is 4.12. The Labute approximate surface area is 109 Å². The molecule has 2 heterocycles. The first-order valence-corrected chi connectivity index (χ1v) is 5.93. The molecular weight excluding hydrogens is 242 g/mol. The SMILES string of the molecule is C[C@H](Oc1ccccc1)c1ccnc2nc(N)nn12. The van der Waals surface area contributed by atoms with E-state index in [1.54, 1.807) is 10.7 Å². The highest BCUT2D eigenvalue weighted by atomic mass is 16.5. The summed E-state index contributed by atoms with van der Waals surface area (Å²) in [5.74, 6) is 1.47. The summed E-state index contributed by atoms with van der Waals surface area (Å²) in [4.78, 5) is 8.13. The number of nitrogen functional groups attached to an aromatic ring is 1. The molecule has 1 aromatic carbocycles. The highest BCUT2D eigenvalue weighted by Gasteiger charge is 2.14. The molecule has 0 fully saturated rings. The molecule has 0 bridgehead atoms. The fourth-order valence-electron chi connectivity index (χ4n) is 1.90. The van der Waals surface area contributed by atoms with Crippen LogP contribution in [0.15, 0.2) is 42.6 Å². The van der Waals surface area contributed by atoms with Crippen molar-refractivity contribution >= 4 is 11.7 Å². The summed E-state index contributed by atoms with van der Waals surface area (Å²) in [7, 11) is 0. The fraction of sp³-hybridized carbons (Fsp3) is 0.154. The molecule has 6 nitrogen and oxygen atoms in total. The van der Waals surface area contributed by atoms with Gasteiger partial charge in [0.1, 0.15) is 11.9 Å². The lowest BCUT2D eigenvalue weighted by molar-refractivity contribution is 0.219. The van der Waals surface area contributed by atoms with Gasteiger partial charge in [0.2, 0.25) is 5.95 Å². The smallest absolute Gasteiger partial charge is 0.254 e. The number of nitrogens with zero attached hydrogens (tertiary/aromatic N) is 4. The van der Waals surface area contributed by atoms with Crippen LogP contribution in [0.4, 0.5) is 5.95 Å². The Balaban J connectivity index is 1.95. The van der Waals surface area contributed by atoms with Crippen LogP contribution in [0.25, 0.3) is 5.78 Å². The van der Waals surface area contributed by atoms with Crippen LogP contribution in [0.2, 0.25) is 0 Å². The van der Waals surface area contributed by atoms with Gasteiger partial charge in [0.25, 0.3) is 5.78 Å². The zero-order valence-corrected chi connectivity index (χ0v) is 10.4. The Morgan fingerprint density at radius 3 is 2.79 bits per heavy atom. The first kappa shape index (κ1) is 11.5. The van der Waals surface area contributed by atoms with Crippen molar-refractivity contribution in [3.63, 3.8) is 0 Å². The van der Waals surface area contributed by atoms with Gasteiger partial charge in [-0.3, -0.25) is 0 Å². The molecule has 19 heavy (non-hydrogen) atoms. The molecule has 0 saturated carbocycles. The molecule has 0 amide bonds. The van der Waals surface area contributed by atoms with Crippen molar-refractivity contribution in [2.45, 2.75) is 13.0 Å². The summed E-state index contributed by atoms with van der Waals surface area (Å²) >= 11 is 0. The maximum Gasteiger partial charge on any atom is 0.254 e. The van der Waals surface area contributed by atoms with Gasteiger partial charge in [-0.25, -0.2) is 4.98 Å². The van der Waals surface area contributed by atoms with E-state index in [2.05, 4.69) is 15.1 Å². The first-order chi connectivity index (χ1) is 9.24. The number of hydrogen-bond acceptors (Lipinski definition) is 5. The number of ether oxygens (including phenoxy) is 1. The van der Waals surface area contributed by atoms with E-state index in [0.29, 0.717) is 5.78 Å². The molecule has 0 spiro atoms. The lowest BCUT2D eigenvalue weighted by Gasteiger charge is -2.15. The number of benzene rings is 1. The molecule has 0 aliphatic heterocycles. The minimum Gasteiger partial charge on any atom is -0.484 e. The van der Waals surface area contributed by atoms with Crippen LogP contribution in [0, 0.1) is 0 Å². The number of nitrogens with two attached hydrogens (primary N) is 1. The summed E-state index contributed by atoms with van der Waals surface area (Å²) in [5, 5.41) is 4.12. The van der Waals surface area contributed by atoms with Gasteiger partial charge in [0.15, 0.2) is 0 Å². The van der Waals surface area contributed by atoms with Crippen LogP contribution >= 0.6 is 0 Å². The minimum absolute atomic E-state index is 0.186. The second kappa shape index (κ2) is 4.56. The predicted octanol–water partition coefficient (Wildman–Crippen LogP) is 1.85. The van der Waals surface area contributed by atoms with E-state index in [9.17, 15) is 0 Å². The van der Waals surface area contributed by atoms with Crippen LogP contribution in [-0.2, 0) is 0 Å². The van der Waals surface area contributed by atoms with Crippen molar-refractivity contribution in [2.24, 2.45) is 0 Å². The number of anilines is 1. The molecule has 3 rings (SSSR count).